The molecule has 0 aliphatic heterocycles. The second-order valence-electron chi connectivity index (χ2n) is 5.31. The third kappa shape index (κ3) is 3.63. The topological polar surface area (TPSA) is 56.1 Å². The van der Waals surface area contributed by atoms with E-state index in [0.29, 0.717) is 23.6 Å². The van der Waals surface area contributed by atoms with E-state index in [-0.39, 0.29) is 5.91 Å². The fourth-order valence-corrected chi connectivity index (χ4v) is 2.26. The second-order valence-corrected chi connectivity index (χ2v) is 5.31. The van der Waals surface area contributed by atoms with Crippen molar-refractivity contribution in [1.29, 1.82) is 0 Å². The second kappa shape index (κ2) is 7.46. The maximum Gasteiger partial charge on any atom is 0.258 e. The van der Waals surface area contributed by atoms with E-state index >= 15 is 0 Å². The van der Waals surface area contributed by atoms with Gasteiger partial charge in [-0.3, -0.25) is 4.79 Å². The van der Waals surface area contributed by atoms with Crippen molar-refractivity contribution in [2.45, 2.75) is 13.3 Å². The summed E-state index contributed by atoms with van der Waals surface area (Å²) >= 11 is 0. The van der Waals surface area contributed by atoms with Gasteiger partial charge in [-0.15, -0.1) is 0 Å². The molecule has 1 amide bonds. The van der Waals surface area contributed by atoms with Crippen molar-refractivity contribution < 1.29 is 9.53 Å². The number of hydrogen-bond donors (Lipinski definition) is 1. The molecule has 5 heteroatoms. The number of amides is 1. The van der Waals surface area contributed by atoms with Crippen LogP contribution in [0.4, 0.5) is 5.69 Å². The van der Waals surface area contributed by atoms with Gasteiger partial charge in [0, 0.05) is 6.20 Å². The molecular formula is C19H19N3O2. The van der Waals surface area contributed by atoms with Crippen molar-refractivity contribution in [2.75, 3.05) is 11.9 Å². The standard InChI is InChI=1S/C19H19N3O2/c1-2-12-24-18-11-7-6-10-17(18)21-19(23)15-13-20-22(14-15)16-8-4-3-5-9-16/h3-11,13-14H,2,12H2,1H3,(H,21,23). The van der Waals surface area contributed by atoms with Gasteiger partial charge in [0.05, 0.1) is 29.7 Å². The van der Waals surface area contributed by atoms with Gasteiger partial charge in [-0.05, 0) is 30.7 Å². The van der Waals surface area contributed by atoms with Gasteiger partial charge >= 0.3 is 0 Å². The highest BCUT2D eigenvalue weighted by molar-refractivity contribution is 6.04. The van der Waals surface area contributed by atoms with Crippen molar-refractivity contribution in [2.24, 2.45) is 0 Å². The van der Waals surface area contributed by atoms with E-state index in [9.17, 15) is 4.79 Å². The lowest BCUT2D eigenvalue weighted by Crippen LogP contribution is -2.12. The van der Waals surface area contributed by atoms with Crippen LogP contribution in [0.3, 0.4) is 0 Å². The molecule has 0 aliphatic rings. The molecule has 0 bridgehead atoms. The van der Waals surface area contributed by atoms with Gasteiger partial charge in [-0.1, -0.05) is 37.3 Å². The Morgan fingerprint density at radius 3 is 2.67 bits per heavy atom. The summed E-state index contributed by atoms with van der Waals surface area (Å²) in [7, 11) is 0. The predicted octanol–water partition coefficient (Wildman–Crippen LogP) is 3.91. The summed E-state index contributed by atoms with van der Waals surface area (Å²) in [6.07, 6.45) is 4.17. The number of aromatic nitrogens is 2. The highest BCUT2D eigenvalue weighted by atomic mass is 16.5. The minimum Gasteiger partial charge on any atom is -0.491 e. The molecule has 3 rings (SSSR count). The lowest BCUT2D eigenvalue weighted by atomic mass is 10.2. The van der Waals surface area contributed by atoms with Crippen molar-refractivity contribution in [1.82, 2.24) is 9.78 Å². The maximum atomic E-state index is 12.5. The Hall–Kier alpha value is -3.08. The molecule has 1 aromatic heterocycles. The SMILES string of the molecule is CCCOc1ccccc1NC(=O)c1cnn(-c2ccccc2)c1. The number of nitrogens with zero attached hydrogens (tertiary/aromatic N) is 2. The molecule has 0 fully saturated rings. The molecule has 122 valence electrons. The molecule has 0 saturated carbocycles. The summed E-state index contributed by atoms with van der Waals surface area (Å²) < 4.78 is 7.34. The zero-order valence-electron chi connectivity index (χ0n) is 13.5. The molecule has 3 aromatic rings. The van der Waals surface area contributed by atoms with Gasteiger partial charge in [0.1, 0.15) is 5.75 Å². The van der Waals surface area contributed by atoms with Gasteiger partial charge in [0.2, 0.25) is 0 Å². The lowest BCUT2D eigenvalue weighted by molar-refractivity contribution is 0.102. The number of carbonyl (C=O) groups is 1. The fourth-order valence-electron chi connectivity index (χ4n) is 2.26. The third-order valence-corrected chi connectivity index (χ3v) is 3.46. The van der Waals surface area contributed by atoms with Gasteiger partial charge < -0.3 is 10.1 Å². The number of carbonyl (C=O) groups excluding carboxylic acids is 1. The van der Waals surface area contributed by atoms with Crippen LogP contribution < -0.4 is 10.1 Å². The monoisotopic (exact) mass is 321 g/mol. The molecule has 0 aliphatic carbocycles. The number of anilines is 1. The van der Waals surface area contributed by atoms with Crippen LogP contribution >= 0.6 is 0 Å². The quantitative estimate of drug-likeness (QED) is 0.749. The molecule has 0 unspecified atom stereocenters. The first-order chi connectivity index (χ1) is 11.8. The van der Waals surface area contributed by atoms with E-state index in [1.807, 2.05) is 61.5 Å². The largest absolute Gasteiger partial charge is 0.491 e. The minimum atomic E-state index is -0.218. The first kappa shape index (κ1) is 15.8. The average Bonchev–Trinajstić information content (AvgIpc) is 3.12. The van der Waals surface area contributed by atoms with Crippen molar-refractivity contribution in [3.8, 4) is 11.4 Å². The smallest absolute Gasteiger partial charge is 0.258 e. The number of hydrogen-bond acceptors (Lipinski definition) is 3. The molecule has 1 N–H and O–H groups in total. The fraction of sp³-hybridized carbons (Fsp3) is 0.158. The van der Waals surface area contributed by atoms with Crippen LogP contribution in [0.2, 0.25) is 0 Å². The molecule has 2 aromatic carbocycles. The van der Waals surface area contributed by atoms with Crippen LogP contribution in [0.5, 0.6) is 5.75 Å². The van der Waals surface area contributed by atoms with E-state index in [1.54, 1.807) is 17.1 Å². The van der Waals surface area contributed by atoms with E-state index < -0.39 is 0 Å². The summed E-state index contributed by atoms with van der Waals surface area (Å²) in [4.78, 5) is 12.5. The molecule has 0 spiro atoms. The van der Waals surface area contributed by atoms with E-state index in [4.69, 9.17) is 4.74 Å². The van der Waals surface area contributed by atoms with Crippen LogP contribution in [0, 0.1) is 0 Å². The van der Waals surface area contributed by atoms with Gasteiger partial charge in [-0.25, -0.2) is 4.68 Å². The third-order valence-electron chi connectivity index (χ3n) is 3.46. The normalized spacial score (nSPS) is 10.4. The van der Waals surface area contributed by atoms with Crippen LogP contribution in [0.1, 0.15) is 23.7 Å². The van der Waals surface area contributed by atoms with E-state index in [2.05, 4.69) is 10.4 Å². The molecule has 0 saturated heterocycles. The Morgan fingerprint density at radius 2 is 1.88 bits per heavy atom. The Kier molecular flexibility index (Phi) is 4.91. The van der Waals surface area contributed by atoms with Gasteiger partial charge in [0.25, 0.3) is 5.91 Å². The zero-order valence-corrected chi connectivity index (χ0v) is 13.5. The average molecular weight is 321 g/mol. The zero-order chi connectivity index (χ0) is 16.8. The number of rotatable bonds is 6. The van der Waals surface area contributed by atoms with E-state index in [0.717, 1.165) is 12.1 Å². The van der Waals surface area contributed by atoms with Crippen LogP contribution in [-0.4, -0.2) is 22.3 Å². The first-order valence-electron chi connectivity index (χ1n) is 7.91. The molecule has 0 atom stereocenters. The van der Waals surface area contributed by atoms with Crippen LogP contribution in [0.25, 0.3) is 5.69 Å². The Labute approximate surface area is 140 Å². The molecular weight excluding hydrogens is 302 g/mol. The Bertz CT molecular complexity index is 812. The Morgan fingerprint density at radius 1 is 1.12 bits per heavy atom. The summed E-state index contributed by atoms with van der Waals surface area (Å²) in [5.41, 5.74) is 2.05. The first-order valence-corrected chi connectivity index (χ1v) is 7.91. The predicted molar refractivity (Wildman–Crippen MR) is 93.7 cm³/mol. The number of benzene rings is 2. The summed E-state index contributed by atoms with van der Waals surface area (Å²) in [5, 5.41) is 7.13. The molecule has 5 nitrogen and oxygen atoms in total. The van der Waals surface area contributed by atoms with Crippen molar-refractivity contribution in [3.63, 3.8) is 0 Å². The van der Waals surface area contributed by atoms with E-state index in [1.165, 1.54) is 0 Å². The summed E-state index contributed by atoms with van der Waals surface area (Å²) in [6.45, 7) is 2.65. The number of nitrogens with one attached hydrogen (secondary N) is 1. The Balaban J connectivity index is 1.75. The highest BCUT2D eigenvalue weighted by Gasteiger charge is 2.12. The summed E-state index contributed by atoms with van der Waals surface area (Å²) in [6, 6.07) is 17.1. The maximum absolute atomic E-state index is 12.5. The molecule has 24 heavy (non-hydrogen) atoms. The minimum absolute atomic E-state index is 0.218. The van der Waals surface area contributed by atoms with Gasteiger partial charge in [-0.2, -0.15) is 5.10 Å². The number of para-hydroxylation sites is 3. The van der Waals surface area contributed by atoms with Crippen LogP contribution in [-0.2, 0) is 0 Å². The van der Waals surface area contributed by atoms with Gasteiger partial charge in [0.15, 0.2) is 0 Å². The molecule has 0 radical (unpaired) electrons. The van der Waals surface area contributed by atoms with Crippen molar-refractivity contribution >= 4 is 11.6 Å². The highest BCUT2D eigenvalue weighted by Crippen LogP contribution is 2.24. The summed E-state index contributed by atoms with van der Waals surface area (Å²) in [5.74, 6) is 0.452. The number of ether oxygens (including phenoxy) is 1. The lowest BCUT2D eigenvalue weighted by Gasteiger charge is -2.11. The van der Waals surface area contributed by atoms with Crippen LogP contribution in [0.15, 0.2) is 67.0 Å². The van der Waals surface area contributed by atoms with Crippen molar-refractivity contribution in [3.05, 3.63) is 72.6 Å². The molecule has 1 heterocycles.